The quantitative estimate of drug-likeness (QED) is 0.320. The lowest BCUT2D eigenvalue weighted by molar-refractivity contribution is -0.110. The molecule has 1 aliphatic rings. The minimum atomic E-state index is -0.192. The fourth-order valence-corrected chi connectivity index (χ4v) is 3.98. The summed E-state index contributed by atoms with van der Waals surface area (Å²) in [6.07, 6.45) is 0.958. The zero-order valence-corrected chi connectivity index (χ0v) is 20.6. The second kappa shape index (κ2) is 11.0. The van der Waals surface area contributed by atoms with Crippen molar-refractivity contribution >= 4 is 28.6 Å². The number of hydrogen-bond acceptors (Lipinski definition) is 6. The number of amides is 1. The Hall–Kier alpha value is -3.97. The highest BCUT2D eigenvalue weighted by atomic mass is 16.5. The van der Waals surface area contributed by atoms with Crippen molar-refractivity contribution in [2.75, 3.05) is 52.1 Å². The van der Waals surface area contributed by atoms with Crippen LogP contribution in [-0.2, 0) is 4.79 Å². The van der Waals surface area contributed by atoms with E-state index in [1.165, 1.54) is 0 Å². The summed E-state index contributed by atoms with van der Waals surface area (Å²) in [5, 5.41) is 6.43. The van der Waals surface area contributed by atoms with Crippen molar-refractivity contribution in [3.63, 3.8) is 0 Å². The molecular weight excluding hydrogens is 442 g/mol. The number of carbonyl (C=O) groups is 1. The van der Waals surface area contributed by atoms with E-state index in [-0.39, 0.29) is 5.91 Å². The van der Waals surface area contributed by atoms with Gasteiger partial charge in [-0.1, -0.05) is 30.3 Å². The van der Waals surface area contributed by atoms with Gasteiger partial charge >= 0.3 is 0 Å². The highest BCUT2D eigenvalue weighted by Crippen LogP contribution is 2.43. The highest BCUT2D eigenvalue weighted by molar-refractivity contribution is 6.37. The van der Waals surface area contributed by atoms with Crippen LogP contribution in [-0.4, -0.2) is 52.3 Å². The lowest BCUT2D eigenvalue weighted by Crippen LogP contribution is -2.15. The normalized spacial score (nSPS) is 13.8. The first kappa shape index (κ1) is 24.2. The minimum absolute atomic E-state index is 0.192. The monoisotopic (exact) mass is 473 g/mol. The van der Waals surface area contributed by atoms with E-state index in [1.54, 1.807) is 20.3 Å². The Labute approximate surface area is 206 Å². The van der Waals surface area contributed by atoms with Gasteiger partial charge in [0.05, 0.1) is 37.8 Å². The second-order valence-electron chi connectivity index (χ2n) is 8.48. The van der Waals surface area contributed by atoms with Gasteiger partial charge in [0, 0.05) is 23.9 Å². The van der Waals surface area contributed by atoms with Crippen LogP contribution in [0.3, 0.4) is 0 Å². The molecule has 0 fully saturated rings. The first-order valence-electron chi connectivity index (χ1n) is 11.5. The third kappa shape index (κ3) is 5.58. The van der Waals surface area contributed by atoms with Gasteiger partial charge in [-0.15, -0.1) is 0 Å². The lowest BCUT2D eigenvalue weighted by atomic mass is 9.99. The van der Waals surface area contributed by atoms with Crippen LogP contribution < -0.4 is 24.8 Å². The van der Waals surface area contributed by atoms with Gasteiger partial charge in [-0.05, 0) is 56.4 Å². The third-order valence-electron chi connectivity index (χ3n) is 5.72. The van der Waals surface area contributed by atoms with Gasteiger partial charge in [0.15, 0.2) is 11.5 Å². The smallest absolute Gasteiger partial charge is 0.258 e. The molecule has 1 heterocycles. The van der Waals surface area contributed by atoms with E-state index < -0.39 is 0 Å². The van der Waals surface area contributed by atoms with E-state index in [0.717, 1.165) is 35.5 Å². The maximum atomic E-state index is 13.2. The molecule has 0 saturated carbocycles. The van der Waals surface area contributed by atoms with E-state index in [9.17, 15) is 4.79 Å². The van der Waals surface area contributed by atoms with Gasteiger partial charge < -0.3 is 29.7 Å². The van der Waals surface area contributed by atoms with Crippen LogP contribution >= 0.6 is 0 Å². The minimum Gasteiger partial charge on any atom is -0.494 e. The predicted octanol–water partition coefficient (Wildman–Crippen LogP) is 4.97. The van der Waals surface area contributed by atoms with Crippen molar-refractivity contribution in [3.05, 3.63) is 77.9 Å². The summed E-state index contributed by atoms with van der Waals surface area (Å²) in [7, 11) is 7.26. The van der Waals surface area contributed by atoms with Crippen LogP contribution in [0, 0.1) is 0 Å². The Balaban J connectivity index is 1.67. The number of fused-ring (bicyclic) bond motifs is 1. The first-order chi connectivity index (χ1) is 17.0. The summed E-state index contributed by atoms with van der Waals surface area (Å²) in [6, 6.07) is 21.2. The maximum absolute atomic E-state index is 13.2. The Bertz CT molecular complexity index is 1200. The number of hydrogen-bond donors (Lipinski definition) is 2. The van der Waals surface area contributed by atoms with Crippen LogP contribution in [0.1, 0.15) is 17.5 Å². The van der Waals surface area contributed by atoms with Crippen molar-refractivity contribution in [2.24, 2.45) is 0 Å². The molecule has 4 rings (SSSR count). The molecule has 0 radical (unpaired) electrons. The zero-order valence-electron chi connectivity index (χ0n) is 20.6. The summed E-state index contributed by atoms with van der Waals surface area (Å²) >= 11 is 0. The fourth-order valence-electron chi connectivity index (χ4n) is 3.98. The van der Waals surface area contributed by atoms with Crippen molar-refractivity contribution in [3.8, 4) is 17.2 Å². The van der Waals surface area contributed by atoms with E-state index in [0.29, 0.717) is 35.1 Å². The highest BCUT2D eigenvalue weighted by Gasteiger charge is 2.30. The van der Waals surface area contributed by atoms with Crippen LogP contribution in [0.4, 0.5) is 11.4 Å². The van der Waals surface area contributed by atoms with E-state index in [4.69, 9.17) is 14.2 Å². The standard InChI is InChI=1S/C28H31N3O4/c1-31(2)15-8-16-35-21-13-11-20(12-14-21)29-27(19-9-6-5-7-10-19)26-22-17-24(33-3)25(34-4)18-23(22)30-28(26)32/h5-7,9-14,17-18,29H,8,15-16H2,1-4H3,(H,30,32). The number of rotatable bonds is 10. The molecule has 7 nitrogen and oxygen atoms in total. The molecule has 0 saturated heterocycles. The molecule has 0 spiro atoms. The Kier molecular flexibility index (Phi) is 7.57. The Morgan fingerprint density at radius 3 is 2.29 bits per heavy atom. The average molecular weight is 474 g/mol. The molecule has 3 aromatic rings. The summed E-state index contributed by atoms with van der Waals surface area (Å²) < 4.78 is 16.8. The van der Waals surface area contributed by atoms with E-state index in [2.05, 4.69) is 29.6 Å². The third-order valence-corrected chi connectivity index (χ3v) is 5.72. The van der Waals surface area contributed by atoms with Crippen molar-refractivity contribution in [1.29, 1.82) is 0 Å². The van der Waals surface area contributed by atoms with Gasteiger partial charge in [0.25, 0.3) is 5.91 Å². The number of anilines is 2. The van der Waals surface area contributed by atoms with Gasteiger partial charge in [0.1, 0.15) is 5.75 Å². The van der Waals surface area contributed by atoms with Gasteiger partial charge in [-0.2, -0.15) is 0 Å². The molecule has 1 aliphatic heterocycles. The molecule has 1 amide bonds. The number of nitrogens with one attached hydrogen (secondary N) is 2. The molecule has 182 valence electrons. The summed E-state index contributed by atoms with van der Waals surface area (Å²) in [5.41, 5.74) is 4.41. The molecule has 3 aromatic carbocycles. The van der Waals surface area contributed by atoms with Crippen LogP contribution in [0.25, 0.3) is 11.3 Å². The van der Waals surface area contributed by atoms with E-state index in [1.807, 2.05) is 60.7 Å². The Morgan fingerprint density at radius 2 is 1.63 bits per heavy atom. The lowest BCUT2D eigenvalue weighted by Gasteiger charge is -2.16. The topological polar surface area (TPSA) is 72.1 Å². The number of carbonyl (C=O) groups excluding carboxylic acids is 1. The van der Waals surface area contributed by atoms with Crippen molar-refractivity contribution < 1.29 is 19.0 Å². The van der Waals surface area contributed by atoms with Gasteiger partial charge in [-0.25, -0.2) is 0 Å². The van der Waals surface area contributed by atoms with Gasteiger partial charge in [0.2, 0.25) is 0 Å². The summed E-state index contributed by atoms with van der Waals surface area (Å²) in [5.74, 6) is 1.73. The van der Waals surface area contributed by atoms with Crippen molar-refractivity contribution in [1.82, 2.24) is 4.90 Å². The van der Waals surface area contributed by atoms with Gasteiger partial charge in [-0.3, -0.25) is 4.79 Å². The first-order valence-corrected chi connectivity index (χ1v) is 11.5. The molecule has 35 heavy (non-hydrogen) atoms. The SMILES string of the molecule is COc1cc2c(cc1OC)C(=C(Nc1ccc(OCCCN(C)C)cc1)c1ccccc1)C(=O)N2. The number of benzene rings is 3. The second-order valence-corrected chi connectivity index (χ2v) is 8.48. The molecule has 2 N–H and O–H groups in total. The molecular formula is C28H31N3O4. The maximum Gasteiger partial charge on any atom is 0.258 e. The number of methoxy groups -OCH3 is 2. The number of ether oxygens (including phenoxy) is 3. The molecule has 0 bridgehead atoms. The summed E-state index contributed by atoms with van der Waals surface area (Å²) in [4.78, 5) is 15.3. The zero-order chi connectivity index (χ0) is 24.8. The molecule has 0 aromatic heterocycles. The van der Waals surface area contributed by atoms with E-state index >= 15 is 0 Å². The molecule has 0 aliphatic carbocycles. The van der Waals surface area contributed by atoms with Crippen LogP contribution in [0.5, 0.6) is 17.2 Å². The van der Waals surface area contributed by atoms with Crippen LogP contribution in [0.15, 0.2) is 66.7 Å². The fraction of sp³-hybridized carbons (Fsp3) is 0.250. The number of nitrogens with zero attached hydrogens (tertiary/aromatic N) is 1. The Morgan fingerprint density at radius 1 is 0.943 bits per heavy atom. The molecule has 0 atom stereocenters. The largest absolute Gasteiger partial charge is 0.494 e. The molecule has 0 unspecified atom stereocenters. The van der Waals surface area contributed by atoms with Crippen molar-refractivity contribution in [2.45, 2.75) is 6.42 Å². The van der Waals surface area contributed by atoms with Crippen LogP contribution in [0.2, 0.25) is 0 Å². The molecule has 7 heteroatoms. The average Bonchev–Trinajstić information content (AvgIpc) is 3.19. The summed E-state index contributed by atoms with van der Waals surface area (Å²) in [6.45, 7) is 1.64. The predicted molar refractivity (Wildman–Crippen MR) is 140 cm³/mol.